The summed E-state index contributed by atoms with van der Waals surface area (Å²) >= 11 is 0. The van der Waals surface area contributed by atoms with Crippen LogP contribution >= 0.6 is 0 Å². The van der Waals surface area contributed by atoms with Crippen molar-refractivity contribution in [2.75, 3.05) is 20.3 Å². The number of unbranched alkanes of at least 4 members (excludes halogenated alkanes) is 3. The molecule has 0 radical (unpaired) electrons. The van der Waals surface area contributed by atoms with Gasteiger partial charge >= 0.3 is 5.69 Å². The van der Waals surface area contributed by atoms with Gasteiger partial charge in [0.2, 0.25) is 5.75 Å². The highest BCUT2D eigenvalue weighted by molar-refractivity contribution is 5.73. The fourth-order valence-electron chi connectivity index (χ4n) is 3.32. The second kappa shape index (κ2) is 8.85. The van der Waals surface area contributed by atoms with Crippen molar-refractivity contribution in [3.8, 4) is 22.8 Å². The molecular formula is C19H26N4O4. The molecule has 0 saturated carbocycles. The van der Waals surface area contributed by atoms with Crippen molar-refractivity contribution < 1.29 is 14.4 Å². The highest BCUT2D eigenvalue weighted by Crippen LogP contribution is 2.42. The second-order valence-electron chi connectivity index (χ2n) is 6.65. The number of nitro groups is 1. The number of aromatic nitrogens is 2. The number of ether oxygens (including phenoxy) is 2. The minimum atomic E-state index is -0.426. The Labute approximate surface area is 158 Å². The first-order valence-electron chi connectivity index (χ1n) is 9.42. The number of benzene rings is 1. The van der Waals surface area contributed by atoms with Gasteiger partial charge in [0.15, 0.2) is 5.75 Å². The lowest BCUT2D eigenvalue weighted by Crippen LogP contribution is -2.23. The standard InChI is InChI=1S/C19H26N4O4/c1-3-4-5-6-9-27-19-16(23(24)25)10-13(11-17(19)26-2)18-14-12-20-8-7-15(14)21-22-18/h10-11,20H,3-9,12H2,1-2H3,(H,21,22). The number of nitro benzene ring substituents is 1. The van der Waals surface area contributed by atoms with Crippen molar-refractivity contribution in [3.63, 3.8) is 0 Å². The van der Waals surface area contributed by atoms with Gasteiger partial charge in [-0.1, -0.05) is 26.2 Å². The Balaban J connectivity index is 1.92. The maximum atomic E-state index is 11.7. The summed E-state index contributed by atoms with van der Waals surface area (Å²) in [4.78, 5) is 11.2. The van der Waals surface area contributed by atoms with E-state index in [0.29, 0.717) is 30.2 Å². The number of hydrogen-bond donors (Lipinski definition) is 2. The molecule has 0 atom stereocenters. The summed E-state index contributed by atoms with van der Waals surface area (Å²) in [6, 6.07) is 3.29. The maximum Gasteiger partial charge on any atom is 0.315 e. The summed E-state index contributed by atoms with van der Waals surface area (Å²) in [5.74, 6) is 0.542. The lowest BCUT2D eigenvalue weighted by molar-refractivity contribution is -0.385. The van der Waals surface area contributed by atoms with Gasteiger partial charge in [0.1, 0.15) is 0 Å². The molecule has 1 aliphatic rings. The first kappa shape index (κ1) is 19.2. The molecule has 2 N–H and O–H groups in total. The molecule has 0 amide bonds. The van der Waals surface area contributed by atoms with Gasteiger partial charge in [-0.3, -0.25) is 15.2 Å². The van der Waals surface area contributed by atoms with Crippen LogP contribution in [0, 0.1) is 10.1 Å². The fraction of sp³-hybridized carbons (Fsp3) is 0.526. The maximum absolute atomic E-state index is 11.7. The third-order valence-corrected chi connectivity index (χ3v) is 4.78. The number of hydrogen-bond acceptors (Lipinski definition) is 6. The van der Waals surface area contributed by atoms with Gasteiger partial charge in [-0.05, 0) is 12.5 Å². The molecule has 1 aliphatic heterocycles. The normalized spacial score (nSPS) is 13.3. The minimum absolute atomic E-state index is 0.0969. The summed E-state index contributed by atoms with van der Waals surface area (Å²) in [5, 5.41) is 22.4. The average molecular weight is 374 g/mol. The zero-order chi connectivity index (χ0) is 19.2. The molecule has 8 nitrogen and oxygen atoms in total. The Kier molecular flexibility index (Phi) is 6.28. The van der Waals surface area contributed by atoms with E-state index in [1.54, 1.807) is 6.07 Å². The third-order valence-electron chi connectivity index (χ3n) is 4.78. The van der Waals surface area contributed by atoms with Crippen molar-refractivity contribution >= 4 is 5.69 Å². The van der Waals surface area contributed by atoms with Gasteiger partial charge in [-0.2, -0.15) is 5.10 Å². The van der Waals surface area contributed by atoms with Gasteiger partial charge < -0.3 is 14.8 Å². The van der Waals surface area contributed by atoms with E-state index in [2.05, 4.69) is 22.4 Å². The molecule has 0 unspecified atom stereocenters. The number of fused-ring (bicyclic) bond motifs is 1. The molecule has 2 aromatic rings. The predicted octanol–water partition coefficient (Wildman–Crippen LogP) is 3.60. The lowest BCUT2D eigenvalue weighted by atomic mass is 10.0. The molecule has 1 aromatic heterocycles. The van der Waals surface area contributed by atoms with Crippen LogP contribution in [0.2, 0.25) is 0 Å². The lowest BCUT2D eigenvalue weighted by Gasteiger charge is -2.15. The highest BCUT2D eigenvalue weighted by Gasteiger charge is 2.26. The summed E-state index contributed by atoms with van der Waals surface area (Å²) in [7, 11) is 1.49. The van der Waals surface area contributed by atoms with Crippen molar-refractivity contribution in [1.82, 2.24) is 15.5 Å². The second-order valence-corrected chi connectivity index (χ2v) is 6.65. The number of nitrogens with one attached hydrogen (secondary N) is 2. The Morgan fingerprint density at radius 3 is 2.89 bits per heavy atom. The molecule has 0 bridgehead atoms. The van der Waals surface area contributed by atoms with Crippen LogP contribution in [0.4, 0.5) is 5.69 Å². The molecule has 27 heavy (non-hydrogen) atoms. The van der Waals surface area contributed by atoms with Crippen molar-refractivity contribution in [2.45, 2.75) is 45.6 Å². The monoisotopic (exact) mass is 374 g/mol. The summed E-state index contributed by atoms with van der Waals surface area (Å²) in [5.41, 5.74) is 3.39. The number of rotatable bonds is 9. The molecule has 0 saturated heterocycles. The van der Waals surface area contributed by atoms with Gasteiger partial charge in [0, 0.05) is 42.4 Å². The topological polar surface area (TPSA) is 102 Å². The van der Waals surface area contributed by atoms with Gasteiger partial charge in [0.05, 0.1) is 24.3 Å². The van der Waals surface area contributed by atoms with E-state index in [1.165, 1.54) is 13.2 Å². The molecule has 2 heterocycles. The van der Waals surface area contributed by atoms with Crippen LogP contribution in [0.5, 0.6) is 11.5 Å². The van der Waals surface area contributed by atoms with E-state index in [4.69, 9.17) is 9.47 Å². The van der Waals surface area contributed by atoms with Crippen molar-refractivity contribution in [1.29, 1.82) is 0 Å². The molecule has 1 aromatic carbocycles. The third kappa shape index (κ3) is 4.21. The van der Waals surface area contributed by atoms with Gasteiger partial charge in [0.25, 0.3) is 0 Å². The average Bonchev–Trinajstić information content (AvgIpc) is 3.11. The van der Waals surface area contributed by atoms with Crippen molar-refractivity contribution in [2.24, 2.45) is 0 Å². The Bertz CT molecular complexity index is 803. The van der Waals surface area contributed by atoms with E-state index < -0.39 is 4.92 Å². The van der Waals surface area contributed by atoms with Crippen LogP contribution in [0.1, 0.15) is 43.9 Å². The molecule has 0 fully saturated rings. The van der Waals surface area contributed by atoms with Gasteiger partial charge in [-0.25, -0.2) is 0 Å². The quantitative estimate of drug-likeness (QED) is 0.395. The van der Waals surface area contributed by atoms with Crippen LogP contribution in [-0.4, -0.2) is 35.4 Å². The predicted molar refractivity (Wildman–Crippen MR) is 102 cm³/mol. The van der Waals surface area contributed by atoms with E-state index in [9.17, 15) is 10.1 Å². The molecule has 3 rings (SSSR count). The van der Waals surface area contributed by atoms with E-state index in [0.717, 1.165) is 49.9 Å². The molecule has 8 heteroatoms. The van der Waals surface area contributed by atoms with Crippen LogP contribution in [-0.2, 0) is 13.0 Å². The summed E-state index contributed by atoms with van der Waals surface area (Å²) < 4.78 is 11.2. The zero-order valence-electron chi connectivity index (χ0n) is 15.8. The molecule has 146 valence electrons. The smallest absolute Gasteiger partial charge is 0.315 e. The van der Waals surface area contributed by atoms with E-state index in [1.807, 2.05) is 0 Å². The SMILES string of the molecule is CCCCCCOc1c(OC)cc(-c2n[nH]c3c2CNCC3)cc1[N+](=O)[O-]. The summed E-state index contributed by atoms with van der Waals surface area (Å²) in [6.45, 7) is 4.14. The number of nitrogens with zero attached hydrogens (tertiary/aromatic N) is 2. The Morgan fingerprint density at radius 2 is 2.15 bits per heavy atom. The Hall–Kier alpha value is -2.61. The van der Waals surface area contributed by atoms with Crippen LogP contribution in [0.3, 0.4) is 0 Å². The number of aromatic amines is 1. The zero-order valence-corrected chi connectivity index (χ0v) is 15.8. The minimum Gasteiger partial charge on any atom is -0.493 e. The number of H-pyrrole nitrogens is 1. The first-order chi connectivity index (χ1) is 13.2. The summed E-state index contributed by atoms with van der Waals surface area (Å²) in [6.07, 6.45) is 5.01. The fourth-order valence-corrected chi connectivity index (χ4v) is 3.32. The first-order valence-corrected chi connectivity index (χ1v) is 9.42. The van der Waals surface area contributed by atoms with Crippen molar-refractivity contribution in [3.05, 3.63) is 33.5 Å². The van der Waals surface area contributed by atoms with Crippen LogP contribution < -0.4 is 14.8 Å². The van der Waals surface area contributed by atoms with E-state index >= 15 is 0 Å². The molecular weight excluding hydrogens is 348 g/mol. The van der Waals surface area contributed by atoms with Crippen LogP contribution in [0.25, 0.3) is 11.3 Å². The van der Waals surface area contributed by atoms with Gasteiger partial charge in [-0.15, -0.1) is 0 Å². The highest BCUT2D eigenvalue weighted by atomic mass is 16.6. The number of methoxy groups -OCH3 is 1. The Morgan fingerprint density at radius 1 is 1.30 bits per heavy atom. The largest absolute Gasteiger partial charge is 0.493 e. The van der Waals surface area contributed by atoms with E-state index in [-0.39, 0.29) is 11.4 Å². The molecule has 0 aliphatic carbocycles. The van der Waals surface area contributed by atoms with Crippen LogP contribution in [0.15, 0.2) is 12.1 Å². The molecule has 0 spiro atoms.